The average molecular weight is 652 g/mol. The van der Waals surface area contributed by atoms with Gasteiger partial charge in [0.2, 0.25) is 12.2 Å². The van der Waals surface area contributed by atoms with Crippen molar-refractivity contribution in [3.8, 4) is 0 Å². The van der Waals surface area contributed by atoms with Crippen molar-refractivity contribution in [2.24, 2.45) is 0 Å². The number of nitrogens with zero attached hydrogens (tertiary/aromatic N) is 7. The zero-order chi connectivity index (χ0) is 30.8. The highest BCUT2D eigenvalue weighted by atomic mass is 32.5. The molecule has 0 spiro atoms. The number of H-pyrrole nitrogens is 2. The number of aliphatic hydroxyl groups is 2. The van der Waals surface area contributed by atoms with E-state index >= 15 is 13.2 Å². The number of aliphatic hydroxyl groups excluding tert-OH is 2. The number of aromatic amines is 2. The van der Waals surface area contributed by atoms with Crippen LogP contribution in [0.5, 0.6) is 0 Å². The summed E-state index contributed by atoms with van der Waals surface area (Å²) in [5, 5.41) is 26.9. The van der Waals surface area contributed by atoms with Crippen LogP contribution in [0.15, 0.2) is 22.2 Å². The smallest absolute Gasteiger partial charge is 0.325 e. The summed E-state index contributed by atoms with van der Waals surface area (Å²) in [6.07, 6.45) is -11.6. The number of imidazole rings is 1. The fourth-order valence-electron chi connectivity index (χ4n) is 4.67. The summed E-state index contributed by atoms with van der Waals surface area (Å²) in [5.41, 5.74) is 3.07. The van der Waals surface area contributed by atoms with Crippen molar-refractivity contribution in [2.45, 2.75) is 49.0 Å². The Bertz CT molecular complexity index is 1850. The molecule has 24 heteroatoms. The Morgan fingerprint density at radius 3 is 2.70 bits per heavy atom. The van der Waals surface area contributed by atoms with Crippen LogP contribution in [-0.4, -0.2) is 109 Å². The molecule has 2 saturated heterocycles. The second-order valence-corrected chi connectivity index (χ2v) is 12.2. The maximum atomic E-state index is 15.3. The van der Waals surface area contributed by atoms with Gasteiger partial charge in [0.1, 0.15) is 18.3 Å². The quantitative estimate of drug-likeness (QED) is 0.112. The number of nitrogen functional groups attached to an aromatic ring is 1. The Morgan fingerprint density at radius 1 is 1.19 bits per heavy atom. The molecule has 4 aromatic rings. The van der Waals surface area contributed by atoms with E-state index in [0.29, 0.717) is 4.68 Å². The second-order valence-electron chi connectivity index (χ2n) is 9.39. The molecule has 19 nitrogen and oxygen atoms in total. The summed E-state index contributed by atoms with van der Waals surface area (Å²) in [7, 11) is 0. The Labute approximate surface area is 239 Å². The van der Waals surface area contributed by atoms with E-state index in [0.717, 1.165) is 17.2 Å². The Kier molecular flexibility index (Phi) is 7.34. The zero-order valence-electron chi connectivity index (χ0n) is 21.1. The van der Waals surface area contributed by atoms with E-state index < -0.39 is 80.0 Å². The van der Waals surface area contributed by atoms with E-state index in [4.69, 9.17) is 36.1 Å². The molecule has 2 aliphatic rings. The molecule has 2 aliphatic heterocycles. The minimum absolute atomic E-state index is 0.148. The highest BCUT2D eigenvalue weighted by Gasteiger charge is 2.61. The van der Waals surface area contributed by atoms with Gasteiger partial charge in [-0.05, 0) is 11.8 Å². The lowest BCUT2D eigenvalue weighted by atomic mass is 10.1. The van der Waals surface area contributed by atoms with Crippen LogP contribution < -0.4 is 16.9 Å². The van der Waals surface area contributed by atoms with Gasteiger partial charge in [0, 0.05) is 0 Å². The molecule has 6 rings (SSSR count). The summed E-state index contributed by atoms with van der Waals surface area (Å²) in [6.45, 7) is -6.32. The van der Waals surface area contributed by atoms with E-state index in [2.05, 4.69) is 35.2 Å². The van der Waals surface area contributed by atoms with Gasteiger partial charge >= 0.3 is 12.6 Å². The Hall–Kier alpha value is -3.41. The highest BCUT2D eigenvalue weighted by Crippen LogP contribution is 2.51. The van der Waals surface area contributed by atoms with Gasteiger partial charge in [-0.3, -0.25) is 23.7 Å². The molecule has 232 valence electrons. The van der Waals surface area contributed by atoms with Crippen LogP contribution in [0.25, 0.3) is 22.3 Å². The predicted octanol–water partition coefficient (Wildman–Crippen LogP) is -2.03. The number of fused-ring (bicyclic) bond motifs is 2. The maximum absolute atomic E-state index is 15.3. The molecule has 8 atom stereocenters. The van der Waals surface area contributed by atoms with Crippen LogP contribution in [-0.2, 0) is 30.3 Å². The van der Waals surface area contributed by atoms with Gasteiger partial charge in [-0.1, -0.05) is 5.21 Å². The first-order valence-corrected chi connectivity index (χ1v) is 14.7. The summed E-state index contributed by atoms with van der Waals surface area (Å²) in [5.74, 6) is -4.32. The molecule has 4 aromatic heterocycles. The monoisotopic (exact) mass is 652 g/mol. The van der Waals surface area contributed by atoms with Crippen molar-refractivity contribution in [1.82, 2.24) is 44.5 Å². The van der Waals surface area contributed by atoms with Crippen LogP contribution in [0, 0.1) is 0 Å². The second kappa shape index (κ2) is 10.6. The number of halogens is 3. The van der Waals surface area contributed by atoms with Crippen LogP contribution in [0.2, 0.25) is 0 Å². The third kappa shape index (κ3) is 5.01. The number of aromatic nitrogens is 9. The minimum Gasteiger partial charge on any atom is -0.394 e. The first-order valence-electron chi connectivity index (χ1n) is 12.1. The van der Waals surface area contributed by atoms with Crippen LogP contribution >= 0.6 is 6.72 Å². The van der Waals surface area contributed by atoms with Crippen molar-refractivity contribution < 1.29 is 46.8 Å². The molecule has 0 radical (unpaired) electrons. The predicted molar refractivity (Wildman–Crippen MR) is 137 cm³/mol. The summed E-state index contributed by atoms with van der Waals surface area (Å²) >= 11 is 4.97. The van der Waals surface area contributed by atoms with E-state index in [1.54, 1.807) is 0 Å². The molecule has 0 amide bonds. The number of ether oxygens (including phenoxy) is 2. The fourth-order valence-corrected chi connectivity index (χ4v) is 6.07. The summed E-state index contributed by atoms with van der Waals surface area (Å²) in [6, 6.07) is 0. The van der Waals surface area contributed by atoms with Crippen molar-refractivity contribution in [3.05, 3.63) is 33.4 Å². The number of anilines is 1. The van der Waals surface area contributed by atoms with Crippen LogP contribution in [0.3, 0.4) is 0 Å². The van der Waals surface area contributed by atoms with Crippen molar-refractivity contribution in [1.29, 1.82) is 0 Å². The highest BCUT2D eigenvalue weighted by molar-refractivity contribution is 8.07. The van der Waals surface area contributed by atoms with Gasteiger partial charge in [0.05, 0.1) is 25.9 Å². The molecule has 0 saturated carbocycles. The fraction of sp³-hybridized carbons (Fsp3) is 0.526. The number of hydrogen-bond donors (Lipinski definition) is 6. The van der Waals surface area contributed by atoms with Gasteiger partial charge in [0.15, 0.2) is 40.8 Å². The van der Waals surface area contributed by atoms with E-state index in [9.17, 15) is 24.7 Å². The number of alkyl halides is 3. The van der Waals surface area contributed by atoms with Gasteiger partial charge in [-0.25, -0.2) is 14.4 Å². The molecule has 0 bridgehead atoms. The number of nitrogens with two attached hydrogens (primary N) is 1. The standard InChI is InChI=1S/C19H20F3N10O9PS/c20-7-5(1-33)39-16(31-4-26-8-13(31)27-18(23)28-15(8)36)10(7)41-42(37,43)38-2-6-11(34)19(21,22)17(40-6)32-12-9(29-30-32)14(35)25-3-24-12/h3-7,10-11,16-17,33-34H,1-2H2,(H,37,43)(H,24,25,35)(H3,23,27,28,36)/t5-,6-,7-,10-,11-,16-,17?,42?/m1/s1. The van der Waals surface area contributed by atoms with Gasteiger partial charge in [0.25, 0.3) is 11.1 Å². The normalized spacial score (nSPS) is 30.3. The number of hydrogen-bond acceptors (Lipinski definition) is 15. The molecule has 0 aromatic carbocycles. The summed E-state index contributed by atoms with van der Waals surface area (Å²) < 4.78 is 68.2. The average Bonchev–Trinajstić information content (AvgIpc) is 3.68. The Balaban J connectivity index is 1.21. The van der Waals surface area contributed by atoms with Crippen molar-refractivity contribution >= 4 is 46.8 Å². The molecule has 2 fully saturated rings. The van der Waals surface area contributed by atoms with Gasteiger partial charge in [-0.2, -0.15) is 18.4 Å². The lowest BCUT2D eigenvalue weighted by molar-refractivity contribution is -0.142. The molecule has 0 aliphatic carbocycles. The number of rotatable bonds is 8. The van der Waals surface area contributed by atoms with E-state index in [1.807, 2.05) is 0 Å². The SMILES string of the molecule is Nc1nc2c(ncn2[C@@H]2O[C@H](CO)[C@@H](F)[C@H]2OP(O)(=S)OC[C@H]2OC(n3nnc4c(=O)[nH]cnc43)C(F)(F)[C@@H]2O)c(=O)[nH]1. The van der Waals surface area contributed by atoms with Crippen LogP contribution in [0.1, 0.15) is 12.5 Å². The van der Waals surface area contributed by atoms with Gasteiger partial charge < -0.3 is 39.8 Å². The minimum atomic E-state index is -4.52. The largest absolute Gasteiger partial charge is 0.394 e. The molecular formula is C19H20F3N10O9PS. The Morgan fingerprint density at radius 2 is 1.95 bits per heavy atom. The van der Waals surface area contributed by atoms with E-state index in [1.165, 1.54) is 0 Å². The topological polar surface area (TPSA) is 264 Å². The van der Waals surface area contributed by atoms with Crippen LogP contribution in [0.4, 0.5) is 19.1 Å². The third-order valence-electron chi connectivity index (χ3n) is 6.69. The molecule has 43 heavy (non-hydrogen) atoms. The zero-order valence-corrected chi connectivity index (χ0v) is 22.8. The maximum Gasteiger partial charge on any atom is 0.325 e. The molecule has 2 unspecified atom stereocenters. The summed E-state index contributed by atoms with van der Waals surface area (Å²) in [4.78, 5) is 50.8. The first-order chi connectivity index (χ1) is 20.3. The molecular weight excluding hydrogens is 632 g/mol. The van der Waals surface area contributed by atoms with Crippen molar-refractivity contribution in [2.75, 3.05) is 18.9 Å². The third-order valence-corrected chi connectivity index (χ3v) is 8.25. The number of nitrogens with one attached hydrogen (secondary N) is 2. The molecule has 7 N–H and O–H groups in total. The molecule has 6 heterocycles. The lowest BCUT2D eigenvalue weighted by Crippen LogP contribution is -2.40. The lowest BCUT2D eigenvalue weighted by Gasteiger charge is -2.26. The van der Waals surface area contributed by atoms with Crippen molar-refractivity contribution in [3.63, 3.8) is 0 Å². The van der Waals surface area contributed by atoms with E-state index in [-0.39, 0.29) is 28.3 Å². The van der Waals surface area contributed by atoms with Gasteiger partial charge in [-0.15, -0.1) is 5.10 Å². The first kappa shape index (κ1) is 29.7.